The molecule has 0 radical (unpaired) electrons. The molecule has 1 atom stereocenters. The molecule has 0 aromatic heterocycles. The third-order valence-corrected chi connectivity index (χ3v) is 6.26. The lowest BCUT2D eigenvalue weighted by atomic mass is 9.87. The smallest absolute Gasteiger partial charge is 0.129 e. The number of nitrogens with two attached hydrogens (primary N) is 1. The molecule has 32 heavy (non-hydrogen) atoms. The number of nitrogen functional groups attached to an aromatic ring is 1. The molecular formula is C27H27Cl2NO2. The molecule has 3 nitrogen and oxygen atoms in total. The van der Waals surface area contributed by atoms with E-state index in [1.807, 2.05) is 42.5 Å². The maximum absolute atomic E-state index is 6.58. The first-order valence-corrected chi connectivity index (χ1v) is 11.7. The van der Waals surface area contributed by atoms with Crippen molar-refractivity contribution in [2.75, 3.05) is 12.3 Å². The molecule has 0 amide bonds. The Balaban J connectivity index is 1.80. The highest BCUT2D eigenvalue weighted by molar-refractivity contribution is 6.36. The number of anilines is 1. The Hall–Kier alpha value is -2.62. The second-order valence-corrected chi connectivity index (χ2v) is 8.83. The van der Waals surface area contributed by atoms with E-state index in [0.29, 0.717) is 22.3 Å². The third kappa shape index (κ3) is 4.74. The molecule has 1 aliphatic heterocycles. The van der Waals surface area contributed by atoms with Gasteiger partial charge in [0.2, 0.25) is 0 Å². The van der Waals surface area contributed by atoms with Crippen LogP contribution in [-0.2, 0) is 0 Å². The predicted molar refractivity (Wildman–Crippen MR) is 135 cm³/mol. The lowest BCUT2D eigenvalue weighted by Gasteiger charge is -2.26. The van der Waals surface area contributed by atoms with Crippen LogP contribution in [0, 0.1) is 0 Å². The lowest BCUT2D eigenvalue weighted by molar-refractivity contribution is 0.186. The normalized spacial score (nSPS) is 14.0. The minimum Gasteiger partial charge on any atom is -0.490 e. The van der Waals surface area contributed by atoms with Crippen LogP contribution in [0.5, 0.6) is 11.5 Å². The van der Waals surface area contributed by atoms with E-state index in [4.69, 9.17) is 38.4 Å². The number of ether oxygens (including phenoxy) is 2. The molecule has 4 rings (SSSR count). The first kappa shape index (κ1) is 22.6. The molecule has 0 saturated heterocycles. The van der Waals surface area contributed by atoms with Gasteiger partial charge >= 0.3 is 0 Å². The quantitative estimate of drug-likeness (QED) is 0.359. The first-order chi connectivity index (χ1) is 15.5. The van der Waals surface area contributed by atoms with Crippen LogP contribution in [0.1, 0.15) is 49.8 Å². The SMILES string of the molecule is CCCC(CC)Oc1ccc(C2=C(c3ccc(Cl)cc3Cl)COc3cc(N)ccc32)cc1. The van der Waals surface area contributed by atoms with Crippen molar-refractivity contribution in [3.8, 4) is 11.5 Å². The standard InChI is InChI=1S/C27H27Cl2NO2/c1-3-5-20(4-2)32-21-10-6-17(7-11-21)27-23-13-9-19(30)15-26(23)31-16-24(27)22-12-8-18(28)14-25(22)29/h6-15,20H,3-5,16,30H2,1-2H3. The fourth-order valence-corrected chi connectivity index (χ4v) is 4.61. The van der Waals surface area contributed by atoms with Gasteiger partial charge in [0.1, 0.15) is 18.1 Å². The number of fused-ring (bicyclic) bond motifs is 1. The van der Waals surface area contributed by atoms with Gasteiger partial charge in [-0.2, -0.15) is 0 Å². The molecular weight excluding hydrogens is 441 g/mol. The monoisotopic (exact) mass is 467 g/mol. The summed E-state index contributed by atoms with van der Waals surface area (Å²) >= 11 is 12.7. The van der Waals surface area contributed by atoms with Gasteiger partial charge in [-0.15, -0.1) is 0 Å². The fourth-order valence-electron chi connectivity index (χ4n) is 4.09. The Morgan fingerprint density at radius 3 is 2.41 bits per heavy atom. The first-order valence-electron chi connectivity index (χ1n) is 11.0. The van der Waals surface area contributed by atoms with Crippen molar-refractivity contribution < 1.29 is 9.47 Å². The summed E-state index contributed by atoms with van der Waals surface area (Å²) in [6.07, 6.45) is 3.38. The van der Waals surface area contributed by atoms with Gasteiger partial charge in [-0.1, -0.05) is 61.7 Å². The number of hydrogen-bond acceptors (Lipinski definition) is 3. The summed E-state index contributed by atoms with van der Waals surface area (Å²) in [6.45, 7) is 4.73. The van der Waals surface area contributed by atoms with E-state index in [1.165, 1.54) is 0 Å². The maximum atomic E-state index is 6.58. The number of halogens is 2. The van der Waals surface area contributed by atoms with Crippen LogP contribution >= 0.6 is 23.2 Å². The van der Waals surface area contributed by atoms with Crippen LogP contribution in [-0.4, -0.2) is 12.7 Å². The summed E-state index contributed by atoms with van der Waals surface area (Å²) < 4.78 is 12.3. The van der Waals surface area contributed by atoms with Gasteiger partial charge < -0.3 is 15.2 Å². The zero-order valence-corrected chi connectivity index (χ0v) is 19.8. The lowest BCUT2D eigenvalue weighted by Crippen LogP contribution is -2.15. The van der Waals surface area contributed by atoms with Crippen LogP contribution in [0.2, 0.25) is 10.0 Å². The summed E-state index contributed by atoms with van der Waals surface area (Å²) in [7, 11) is 0. The van der Waals surface area contributed by atoms with Crippen LogP contribution in [0.15, 0.2) is 60.7 Å². The zero-order valence-electron chi connectivity index (χ0n) is 18.3. The average Bonchev–Trinajstić information content (AvgIpc) is 2.79. The van der Waals surface area contributed by atoms with Gasteiger partial charge in [-0.05, 0) is 60.4 Å². The van der Waals surface area contributed by atoms with E-state index in [9.17, 15) is 0 Å². The Kier molecular flexibility index (Phi) is 6.98. The summed E-state index contributed by atoms with van der Waals surface area (Å²) in [5.74, 6) is 1.65. The summed E-state index contributed by atoms with van der Waals surface area (Å²) in [5, 5.41) is 1.20. The predicted octanol–water partition coefficient (Wildman–Crippen LogP) is 7.88. The van der Waals surface area contributed by atoms with Gasteiger partial charge in [0.15, 0.2) is 0 Å². The van der Waals surface area contributed by atoms with E-state index in [2.05, 4.69) is 26.0 Å². The van der Waals surface area contributed by atoms with E-state index < -0.39 is 0 Å². The highest BCUT2D eigenvalue weighted by Crippen LogP contribution is 2.43. The third-order valence-electron chi connectivity index (χ3n) is 5.72. The van der Waals surface area contributed by atoms with Crippen LogP contribution in [0.25, 0.3) is 11.1 Å². The largest absolute Gasteiger partial charge is 0.490 e. The highest BCUT2D eigenvalue weighted by atomic mass is 35.5. The van der Waals surface area contributed by atoms with Gasteiger partial charge in [-0.3, -0.25) is 0 Å². The van der Waals surface area contributed by atoms with Crippen LogP contribution < -0.4 is 15.2 Å². The van der Waals surface area contributed by atoms with Crippen molar-refractivity contribution in [3.05, 3.63) is 87.4 Å². The van der Waals surface area contributed by atoms with E-state index in [-0.39, 0.29) is 6.10 Å². The second-order valence-electron chi connectivity index (χ2n) is 7.98. The maximum Gasteiger partial charge on any atom is 0.129 e. The molecule has 0 bridgehead atoms. The Morgan fingerprint density at radius 1 is 0.969 bits per heavy atom. The van der Waals surface area contributed by atoms with Crippen molar-refractivity contribution >= 4 is 40.0 Å². The summed E-state index contributed by atoms with van der Waals surface area (Å²) in [5.41, 5.74) is 11.7. The van der Waals surface area contributed by atoms with Crippen molar-refractivity contribution in [2.24, 2.45) is 0 Å². The Morgan fingerprint density at radius 2 is 1.72 bits per heavy atom. The number of rotatable bonds is 7. The van der Waals surface area contributed by atoms with E-state index >= 15 is 0 Å². The molecule has 1 heterocycles. The molecule has 1 aliphatic rings. The summed E-state index contributed by atoms with van der Waals surface area (Å²) in [4.78, 5) is 0. The molecule has 1 unspecified atom stereocenters. The minimum absolute atomic E-state index is 0.236. The Labute approximate surface area is 199 Å². The minimum atomic E-state index is 0.236. The van der Waals surface area contributed by atoms with Crippen LogP contribution in [0.4, 0.5) is 5.69 Å². The van der Waals surface area contributed by atoms with Crippen molar-refractivity contribution in [3.63, 3.8) is 0 Å². The van der Waals surface area contributed by atoms with Crippen LogP contribution in [0.3, 0.4) is 0 Å². The van der Waals surface area contributed by atoms with Crippen molar-refractivity contribution in [1.82, 2.24) is 0 Å². The van der Waals surface area contributed by atoms with Gasteiger partial charge in [0.25, 0.3) is 0 Å². The van der Waals surface area contributed by atoms with E-state index in [0.717, 1.165) is 58.6 Å². The average molecular weight is 468 g/mol. The van der Waals surface area contributed by atoms with Gasteiger partial charge in [-0.25, -0.2) is 0 Å². The number of benzene rings is 3. The molecule has 5 heteroatoms. The molecule has 0 fully saturated rings. The molecule has 3 aromatic rings. The summed E-state index contributed by atoms with van der Waals surface area (Å²) in [6, 6.07) is 19.6. The second kappa shape index (κ2) is 9.89. The zero-order chi connectivity index (χ0) is 22.7. The highest BCUT2D eigenvalue weighted by Gasteiger charge is 2.24. The topological polar surface area (TPSA) is 44.5 Å². The molecule has 166 valence electrons. The molecule has 0 aliphatic carbocycles. The molecule has 0 spiro atoms. The van der Waals surface area contributed by atoms with Gasteiger partial charge in [0, 0.05) is 38.5 Å². The van der Waals surface area contributed by atoms with Gasteiger partial charge in [0.05, 0.1) is 6.10 Å². The van der Waals surface area contributed by atoms with Crippen molar-refractivity contribution in [2.45, 2.75) is 39.2 Å². The van der Waals surface area contributed by atoms with E-state index in [1.54, 1.807) is 6.07 Å². The molecule has 3 aromatic carbocycles. The Bertz CT molecular complexity index is 1140. The number of hydrogen-bond donors (Lipinski definition) is 1. The van der Waals surface area contributed by atoms with Crippen molar-refractivity contribution in [1.29, 1.82) is 0 Å². The molecule has 0 saturated carbocycles. The molecule has 2 N–H and O–H groups in total. The fraction of sp³-hybridized carbons (Fsp3) is 0.259.